The second-order valence-corrected chi connectivity index (χ2v) is 10.3. The van der Waals surface area contributed by atoms with Gasteiger partial charge in [0, 0.05) is 0 Å². The second-order valence-electron chi connectivity index (χ2n) is 10.3. The van der Waals surface area contributed by atoms with E-state index < -0.39 is 12.1 Å². The number of aliphatic hydroxyl groups is 4. The van der Waals surface area contributed by atoms with Gasteiger partial charge in [-0.2, -0.15) is 0 Å². The van der Waals surface area contributed by atoms with Crippen molar-refractivity contribution in [3.8, 4) is 0 Å². The molecule has 0 bridgehead atoms. The fraction of sp³-hybridized carbons (Fsp3) is 1.00. The molecular weight excluding hydrogens is 316 g/mol. The Balaban J connectivity index is 1.59. The lowest BCUT2D eigenvalue weighted by Crippen LogP contribution is -2.55. The maximum absolute atomic E-state index is 10.4. The van der Waals surface area contributed by atoms with Gasteiger partial charge in [-0.25, -0.2) is 0 Å². The lowest BCUT2D eigenvalue weighted by Gasteiger charge is -2.60. The fourth-order valence-electron chi connectivity index (χ4n) is 8.12. The van der Waals surface area contributed by atoms with Gasteiger partial charge in [0.05, 0.1) is 0 Å². The molecule has 8 atom stereocenters. The topological polar surface area (TPSA) is 80.9 Å². The van der Waals surface area contributed by atoms with Crippen molar-refractivity contribution in [2.45, 2.75) is 90.1 Å². The highest BCUT2D eigenvalue weighted by atomic mass is 16.7. The first kappa shape index (κ1) is 18.2. The van der Waals surface area contributed by atoms with Gasteiger partial charge in [0.25, 0.3) is 0 Å². The molecule has 0 amide bonds. The van der Waals surface area contributed by atoms with Gasteiger partial charge in [-0.3, -0.25) is 0 Å². The molecule has 25 heavy (non-hydrogen) atoms. The van der Waals surface area contributed by atoms with Crippen LogP contribution in [0, 0.1) is 40.4 Å². The second kappa shape index (κ2) is 5.92. The van der Waals surface area contributed by atoms with Crippen molar-refractivity contribution in [2.24, 2.45) is 40.4 Å². The molecular formula is C21H36O4. The fourth-order valence-corrected chi connectivity index (χ4v) is 8.12. The largest absolute Gasteiger partial charge is 0.384 e. The monoisotopic (exact) mass is 352 g/mol. The first-order valence-corrected chi connectivity index (χ1v) is 10.5. The first-order chi connectivity index (χ1) is 11.7. The Bertz CT molecular complexity index is 515. The van der Waals surface area contributed by atoms with Gasteiger partial charge >= 0.3 is 5.97 Å². The molecule has 0 radical (unpaired) electrons. The smallest absolute Gasteiger partial charge is 0.303 e. The van der Waals surface area contributed by atoms with Crippen LogP contribution in [0.1, 0.15) is 78.1 Å². The zero-order valence-electron chi connectivity index (χ0n) is 15.8. The molecule has 0 spiro atoms. The van der Waals surface area contributed by atoms with E-state index in [9.17, 15) is 20.4 Å². The van der Waals surface area contributed by atoms with Crippen molar-refractivity contribution >= 4 is 0 Å². The molecule has 0 aliphatic heterocycles. The number of rotatable bonds is 2. The highest BCUT2D eigenvalue weighted by molar-refractivity contribution is 5.10. The summed E-state index contributed by atoms with van der Waals surface area (Å²) < 4.78 is 0. The Morgan fingerprint density at radius 1 is 0.800 bits per heavy atom. The Kier molecular flexibility index (Phi) is 4.31. The molecule has 4 saturated carbocycles. The van der Waals surface area contributed by atoms with Crippen molar-refractivity contribution in [3.63, 3.8) is 0 Å². The predicted octanol–water partition coefficient (Wildman–Crippen LogP) is 3.03. The molecule has 0 aromatic carbocycles. The highest BCUT2D eigenvalue weighted by Gasteiger charge is 2.62. The van der Waals surface area contributed by atoms with Gasteiger partial charge in [-0.05, 0) is 91.8 Å². The lowest BCUT2D eigenvalue weighted by atomic mass is 9.44. The van der Waals surface area contributed by atoms with Gasteiger partial charge < -0.3 is 20.4 Å². The van der Waals surface area contributed by atoms with Crippen molar-refractivity contribution in [1.29, 1.82) is 0 Å². The van der Waals surface area contributed by atoms with E-state index in [0.717, 1.165) is 31.1 Å². The Labute approximate surface area is 151 Å². The van der Waals surface area contributed by atoms with E-state index in [4.69, 9.17) is 0 Å². The minimum atomic E-state index is -2.98. The van der Waals surface area contributed by atoms with Crippen molar-refractivity contribution in [1.82, 2.24) is 0 Å². The van der Waals surface area contributed by atoms with Gasteiger partial charge in [0.2, 0.25) is 0 Å². The van der Waals surface area contributed by atoms with Gasteiger partial charge in [-0.15, -0.1) is 0 Å². The van der Waals surface area contributed by atoms with E-state index in [1.165, 1.54) is 44.9 Å². The molecule has 4 fully saturated rings. The Hall–Kier alpha value is -0.160. The molecule has 4 rings (SSSR count). The summed E-state index contributed by atoms with van der Waals surface area (Å²) in [6.45, 7) is 4.79. The molecule has 4 N–H and O–H groups in total. The van der Waals surface area contributed by atoms with Crippen LogP contribution in [-0.4, -0.2) is 32.5 Å². The molecule has 0 heterocycles. The standard InChI is InChI=1S/C21H36O4/c1-19-11-4-3-5-13(19)6-7-14-15-8-9-17(18(22)21(23,24)25)20(15,2)12-10-16(14)19/h13-18,22-25H,3-12H2,1-2H3/t13?,14-,15-,16-,17+,18?,19-,20-/m0/s1. The summed E-state index contributed by atoms with van der Waals surface area (Å²) in [6, 6.07) is 0. The van der Waals surface area contributed by atoms with Crippen LogP contribution in [0.5, 0.6) is 0 Å². The summed E-state index contributed by atoms with van der Waals surface area (Å²) >= 11 is 0. The highest BCUT2D eigenvalue weighted by Crippen LogP contribution is 2.67. The van der Waals surface area contributed by atoms with Crippen molar-refractivity contribution in [3.05, 3.63) is 0 Å². The molecule has 0 aromatic rings. The Morgan fingerprint density at radius 3 is 2.24 bits per heavy atom. The quantitative estimate of drug-likeness (QED) is 0.576. The minimum Gasteiger partial charge on any atom is -0.384 e. The van der Waals surface area contributed by atoms with E-state index >= 15 is 0 Å². The number of hydrogen-bond acceptors (Lipinski definition) is 4. The van der Waals surface area contributed by atoms with E-state index in [1.807, 2.05) is 0 Å². The maximum Gasteiger partial charge on any atom is 0.303 e. The summed E-state index contributed by atoms with van der Waals surface area (Å²) in [6.07, 6.45) is 10.8. The normalized spacial score (nSPS) is 51.4. The van der Waals surface area contributed by atoms with Crippen LogP contribution in [0.4, 0.5) is 0 Å². The van der Waals surface area contributed by atoms with E-state index in [-0.39, 0.29) is 11.3 Å². The number of fused-ring (bicyclic) bond motifs is 5. The van der Waals surface area contributed by atoms with E-state index in [0.29, 0.717) is 17.3 Å². The number of aliphatic hydroxyl groups excluding tert-OH is 1. The van der Waals surface area contributed by atoms with Crippen LogP contribution < -0.4 is 0 Å². The molecule has 4 heteroatoms. The van der Waals surface area contributed by atoms with Crippen LogP contribution >= 0.6 is 0 Å². The lowest BCUT2D eigenvalue weighted by molar-refractivity contribution is -0.368. The SMILES string of the molecule is C[C@]12CC[C@H]3[C@@H](CCC4CCCC[C@@]43C)[C@@H]1CC[C@@H]2C(O)C(O)(O)O. The van der Waals surface area contributed by atoms with Gasteiger partial charge in [-0.1, -0.05) is 26.7 Å². The van der Waals surface area contributed by atoms with Crippen molar-refractivity contribution < 1.29 is 20.4 Å². The zero-order chi connectivity index (χ0) is 18.0. The van der Waals surface area contributed by atoms with E-state index in [1.54, 1.807) is 0 Å². The third-order valence-electron chi connectivity index (χ3n) is 9.43. The molecule has 0 aromatic heterocycles. The molecule has 4 nitrogen and oxygen atoms in total. The summed E-state index contributed by atoms with van der Waals surface area (Å²) in [5.74, 6) is -0.256. The van der Waals surface area contributed by atoms with Crippen molar-refractivity contribution in [2.75, 3.05) is 0 Å². The molecule has 4 aliphatic rings. The summed E-state index contributed by atoms with van der Waals surface area (Å²) in [4.78, 5) is 0. The van der Waals surface area contributed by atoms with Crippen LogP contribution in [-0.2, 0) is 0 Å². The van der Waals surface area contributed by atoms with Crippen LogP contribution in [0.2, 0.25) is 0 Å². The maximum atomic E-state index is 10.4. The minimum absolute atomic E-state index is 0.0854. The van der Waals surface area contributed by atoms with Crippen LogP contribution in [0.15, 0.2) is 0 Å². The third-order valence-corrected chi connectivity index (χ3v) is 9.43. The first-order valence-electron chi connectivity index (χ1n) is 10.5. The summed E-state index contributed by atoms with van der Waals surface area (Å²) in [5.41, 5.74) is 0.409. The zero-order valence-corrected chi connectivity index (χ0v) is 15.8. The van der Waals surface area contributed by atoms with E-state index in [2.05, 4.69) is 13.8 Å². The number of hydrogen-bond donors (Lipinski definition) is 4. The van der Waals surface area contributed by atoms with Crippen LogP contribution in [0.25, 0.3) is 0 Å². The summed E-state index contributed by atoms with van der Waals surface area (Å²) in [5, 5.41) is 39.0. The molecule has 0 saturated heterocycles. The predicted molar refractivity (Wildman–Crippen MR) is 95.2 cm³/mol. The molecule has 4 aliphatic carbocycles. The average Bonchev–Trinajstić information content (AvgIpc) is 2.89. The third kappa shape index (κ3) is 2.62. The molecule has 2 unspecified atom stereocenters. The van der Waals surface area contributed by atoms with Gasteiger partial charge in [0.1, 0.15) is 6.10 Å². The summed E-state index contributed by atoms with van der Waals surface area (Å²) in [7, 11) is 0. The molecule has 144 valence electrons. The van der Waals surface area contributed by atoms with Gasteiger partial charge in [0.15, 0.2) is 0 Å². The average molecular weight is 353 g/mol. The van der Waals surface area contributed by atoms with Crippen LogP contribution in [0.3, 0.4) is 0 Å². The Morgan fingerprint density at radius 2 is 1.52 bits per heavy atom.